The molecule has 1 aliphatic rings. The van der Waals surface area contributed by atoms with Gasteiger partial charge in [-0.05, 0) is 31.0 Å². The number of fused-ring (bicyclic) bond motifs is 1. The van der Waals surface area contributed by atoms with E-state index in [9.17, 15) is 4.79 Å². The van der Waals surface area contributed by atoms with Crippen molar-refractivity contribution in [3.63, 3.8) is 0 Å². The van der Waals surface area contributed by atoms with Crippen LogP contribution in [0.2, 0.25) is 0 Å². The summed E-state index contributed by atoms with van der Waals surface area (Å²) in [7, 11) is 0. The van der Waals surface area contributed by atoms with E-state index in [-0.39, 0.29) is 12.0 Å². The van der Waals surface area contributed by atoms with E-state index in [1.165, 1.54) is 0 Å². The number of carbonyl (C=O) groups excluding carboxylic acids is 1. The number of nitrogens with zero attached hydrogens (tertiary/aromatic N) is 3. The molecule has 3 heterocycles. The van der Waals surface area contributed by atoms with Crippen molar-refractivity contribution in [1.29, 1.82) is 0 Å². The predicted molar refractivity (Wildman–Crippen MR) is 117 cm³/mol. The third-order valence-electron chi connectivity index (χ3n) is 5.27. The highest BCUT2D eigenvalue weighted by atomic mass is 16.5. The van der Waals surface area contributed by atoms with Crippen LogP contribution in [0.25, 0.3) is 16.9 Å². The second-order valence-corrected chi connectivity index (χ2v) is 7.42. The quantitative estimate of drug-likeness (QED) is 0.511. The number of rotatable bonds is 6. The van der Waals surface area contributed by atoms with Gasteiger partial charge in [0.25, 0.3) is 5.91 Å². The molecule has 0 saturated carbocycles. The third kappa shape index (κ3) is 4.13. The maximum Gasteiger partial charge on any atom is 0.261 e. The molecular formula is C24H22N4O3. The van der Waals surface area contributed by atoms with Gasteiger partial charge in [0.1, 0.15) is 17.9 Å². The van der Waals surface area contributed by atoms with Crippen molar-refractivity contribution in [2.24, 2.45) is 0 Å². The highest BCUT2D eigenvalue weighted by Gasteiger charge is 2.18. The van der Waals surface area contributed by atoms with E-state index >= 15 is 0 Å². The highest BCUT2D eigenvalue weighted by molar-refractivity contribution is 6.08. The lowest BCUT2D eigenvalue weighted by atomic mass is 10.1. The number of nitrogens with one attached hydrogen (secondary N) is 1. The second kappa shape index (κ2) is 8.57. The molecule has 1 saturated heterocycles. The van der Waals surface area contributed by atoms with Gasteiger partial charge in [0.2, 0.25) is 0 Å². The molecule has 1 N–H and O–H groups in total. The van der Waals surface area contributed by atoms with E-state index in [2.05, 4.69) is 15.4 Å². The summed E-state index contributed by atoms with van der Waals surface area (Å²) in [5.41, 5.74) is 3.43. The molecule has 1 fully saturated rings. The molecule has 1 aliphatic heterocycles. The van der Waals surface area contributed by atoms with Crippen molar-refractivity contribution >= 4 is 17.2 Å². The molecule has 0 bridgehead atoms. The van der Waals surface area contributed by atoms with Crippen LogP contribution in [0.5, 0.6) is 5.75 Å². The van der Waals surface area contributed by atoms with E-state index in [0.717, 1.165) is 30.7 Å². The Bertz CT molecular complexity index is 1200. The number of benzene rings is 2. The van der Waals surface area contributed by atoms with E-state index in [0.29, 0.717) is 29.3 Å². The summed E-state index contributed by atoms with van der Waals surface area (Å²) in [6, 6.07) is 19.1. The van der Waals surface area contributed by atoms with Gasteiger partial charge in [-0.25, -0.2) is 9.50 Å². The molecule has 1 atom stereocenters. The van der Waals surface area contributed by atoms with Crippen LogP contribution in [0, 0.1) is 0 Å². The predicted octanol–water partition coefficient (Wildman–Crippen LogP) is 4.21. The van der Waals surface area contributed by atoms with Crippen LogP contribution in [0.4, 0.5) is 5.69 Å². The lowest BCUT2D eigenvalue weighted by Gasteiger charge is -2.12. The topological polar surface area (TPSA) is 77.8 Å². The number of amides is 1. The first-order valence-corrected chi connectivity index (χ1v) is 10.3. The first-order chi connectivity index (χ1) is 15.3. The minimum Gasteiger partial charge on any atom is -0.491 e. The normalized spacial score (nSPS) is 15.8. The Hall–Kier alpha value is -3.71. The number of hydrogen-bond acceptors (Lipinski definition) is 5. The van der Waals surface area contributed by atoms with E-state index < -0.39 is 0 Å². The van der Waals surface area contributed by atoms with Crippen molar-refractivity contribution in [3.8, 4) is 17.0 Å². The number of anilines is 1. The average molecular weight is 414 g/mol. The lowest BCUT2D eigenvalue weighted by Crippen LogP contribution is -2.16. The largest absolute Gasteiger partial charge is 0.491 e. The van der Waals surface area contributed by atoms with Crippen LogP contribution < -0.4 is 10.1 Å². The Kier molecular flexibility index (Phi) is 5.33. The van der Waals surface area contributed by atoms with Gasteiger partial charge in [-0.3, -0.25) is 4.79 Å². The van der Waals surface area contributed by atoms with Crippen molar-refractivity contribution in [3.05, 3.63) is 78.6 Å². The second-order valence-electron chi connectivity index (χ2n) is 7.42. The third-order valence-corrected chi connectivity index (χ3v) is 5.27. The molecule has 5 rings (SSSR count). The molecule has 2 aromatic heterocycles. The summed E-state index contributed by atoms with van der Waals surface area (Å²) in [6.07, 6.45) is 5.46. The van der Waals surface area contributed by atoms with Gasteiger partial charge >= 0.3 is 0 Å². The monoisotopic (exact) mass is 414 g/mol. The van der Waals surface area contributed by atoms with Crippen LogP contribution in [0.3, 0.4) is 0 Å². The summed E-state index contributed by atoms with van der Waals surface area (Å²) < 4.78 is 13.1. The van der Waals surface area contributed by atoms with Gasteiger partial charge in [-0.2, -0.15) is 5.10 Å². The fraction of sp³-hybridized carbons (Fsp3) is 0.208. The zero-order valence-corrected chi connectivity index (χ0v) is 16.9. The molecule has 31 heavy (non-hydrogen) atoms. The van der Waals surface area contributed by atoms with Crippen LogP contribution in [0.15, 0.2) is 73.1 Å². The van der Waals surface area contributed by atoms with E-state index in [1.54, 1.807) is 23.0 Å². The minimum atomic E-state index is -0.274. The van der Waals surface area contributed by atoms with Crippen molar-refractivity contribution in [2.45, 2.75) is 18.9 Å². The smallest absolute Gasteiger partial charge is 0.261 e. The summed E-state index contributed by atoms with van der Waals surface area (Å²) in [5, 5.41) is 7.32. The molecular weight excluding hydrogens is 392 g/mol. The molecule has 7 heteroatoms. The molecule has 1 amide bonds. The Balaban J connectivity index is 1.34. The summed E-state index contributed by atoms with van der Waals surface area (Å²) >= 11 is 0. The maximum absolute atomic E-state index is 13.0. The molecule has 4 aromatic rings. The summed E-state index contributed by atoms with van der Waals surface area (Å²) in [4.78, 5) is 17.3. The van der Waals surface area contributed by atoms with Crippen LogP contribution >= 0.6 is 0 Å². The van der Waals surface area contributed by atoms with Crippen LogP contribution in [0.1, 0.15) is 23.2 Å². The molecule has 0 spiro atoms. The number of hydrogen-bond donors (Lipinski definition) is 1. The van der Waals surface area contributed by atoms with Crippen LogP contribution in [-0.2, 0) is 4.74 Å². The minimum absolute atomic E-state index is 0.141. The van der Waals surface area contributed by atoms with Gasteiger partial charge < -0.3 is 14.8 Å². The molecule has 2 aromatic carbocycles. The Labute approximate surface area is 179 Å². The van der Waals surface area contributed by atoms with Gasteiger partial charge in [-0.1, -0.05) is 36.4 Å². The van der Waals surface area contributed by atoms with E-state index in [4.69, 9.17) is 9.47 Å². The highest BCUT2D eigenvalue weighted by Crippen LogP contribution is 2.23. The van der Waals surface area contributed by atoms with Gasteiger partial charge in [0, 0.05) is 30.1 Å². The molecule has 7 nitrogen and oxygen atoms in total. The summed E-state index contributed by atoms with van der Waals surface area (Å²) in [6.45, 7) is 1.31. The van der Waals surface area contributed by atoms with Gasteiger partial charge in [0.15, 0.2) is 5.65 Å². The zero-order valence-electron chi connectivity index (χ0n) is 16.9. The summed E-state index contributed by atoms with van der Waals surface area (Å²) in [5.74, 6) is 0.418. The van der Waals surface area contributed by atoms with Gasteiger partial charge in [-0.15, -0.1) is 0 Å². The molecule has 0 aliphatic carbocycles. The standard InChI is InChI=1S/C24H22N4O3/c29-24(27-18-8-4-9-19(14-18)31-16-20-10-5-13-30-20)21-15-26-28-22(11-12-25-23(21)28)17-6-2-1-3-7-17/h1-4,6-9,11-12,14-15,20H,5,10,13,16H2,(H,27,29). The Morgan fingerprint density at radius 3 is 2.90 bits per heavy atom. The fourth-order valence-corrected chi connectivity index (χ4v) is 3.71. The number of ether oxygens (including phenoxy) is 2. The number of aromatic nitrogens is 3. The molecule has 156 valence electrons. The fourth-order valence-electron chi connectivity index (χ4n) is 3.71. The zero-order chi connectivity index (χ0) is 21.0. The van der Waals surface area contributed by atoms with Crippen molar-refractivity contribution < 1.29 is 14.3 Å². The maximum atomic E-state index is 13.0. The van der Waals surface area contributed by atoms with Crippen molar-refractivity contribution in [1.82, 2.24) is 14.6 Å². The Morgan fingerprint density at radius 1 is 1.16 bits per heavy atom. The SMILES string of the molecule is O=C(Nc1cccc(OCC2CCCO2)c1)c1cnn2c(-c3ccccc3)ccnc12. The number of carbonyl (C=O) groups is 1. The molecule has 0 radical (unpaired) electrons. The van der Waals surface area contributed by atoms with Gasteiger partial charge in [0.05, 0.1) is 18.0 Å². The first-order valence-electron chi connectivity index (χ1n) is 10.3. The first kappa shape index (κ1) is 19.3. The van der Waals surface area contributed by atoms with Crippen molar-refractivity contribution in [2.75, 3.05) is 18.5 Å². The average Bonchev–Trinajstić information content (AvgIpc) is 3.48. The molecule has 1 unspecified atom stereocenters. The lowest BCUT2D eigenvalue weighted by molar-refractivity contribution is 0.0680. The van der Waals surface area contributed by atoms with Crippen LogP contribution in [-0.4, -0.2) is 39.8 Å². The Morgan fingerprint density at radius 2 is 2.06 bits per heavy atom. The van der Waals surface area contributed by atoms with E-state index in [1.807, 2.05) is 54.6 Å².